The van der Waals surface area contributed by atoms with E-state index in [9.17, 15) is 28.8 Å². The number of aromatic amines is 1. The van der Waals surface area contributed by atoms with Gasteiger partial charge in [0.2, 0.25) is 11.8 Å². The molecular formula is C49H55FN10O6. The molecule has 17 heteroatoms. The number of hydrogen-bond acceptors (Lipinski definition) is 11. The number of aromatic nitrogens is 4. The Morgan fingerprint density at radius 1 is 0.909 bits per heavy atom. The second-order valence-electron chi connectivity index (χ2n) is 18.2. The number of likely N-dealkylation sites (tertiary alicyclic amines) is 1. The zero-order valence-corrected chi connectivity index (χ0v) is 37.8. The van der Waals surface area contributed by atoms with Crippen LogP contribution in [0.2, 0.25) is 0 Å². The molecule has 66 heavy (non-hydrogen) atoms. The van der Waals surface area contributed by atoms with E-state index in [0.29, 0.717) is 29.3 Å². The number of piperazine rings is 1. The van der Waals surface area contributed by atoms with Crippen molar-refractivity contribution >= 4 is 46.3 Å². The Balaban J connectivity index is 0.810. The molecule has 3 fully saturated rings. The molecule has 4 aliphatic heterocycles. The molecule has 344 valence electrons. The number of anilines is 1. The maximum absolute atomic E-state index is 15.4. The minimum Gasteiger partial charge on any atom is -0.354 e. The SMILES string of the molecule is CCCc1cc(C)[nH]c(=O)c1CNC(=O)c1cc(-c2ccc(N3CCN(C4CCN(Cc5cc(F)c6c(c5)C(=O)N(C5CCC(=O)NC5=O)C6=O)CC4)CC3)nc2)cc2c1cnn2C(C)C. The summed E-state index contributed by atoms with van der Waals surface area (Å²) in [5.74, 6) is -2.94. The largest absolute Gasteiger partial charge is 0.354 e. The van der Waals surface area contributed by atoms with Crippen molar-refractivity contribution in [2.75, 3.05) is 44.2 Å². The quantitative estimate of drug-likeness (QED) is 0.145. The average Bonchev–Trinajstić information content (AvgIpc) is 3.84. The van der Waals surface area contributed by atoms with Crippen molar-refractivity contribution in [2.45, 2.75) is 97.4 Å². The van der Waals surface area contributed by atoms with Crippen LogP contribution < -0.4 is 21.1 Å². The predicted molar refractivity (Wildman–Crippen MR) is 245 cm³/mol. The standard InChI is InChI=1S/C49H55FN10O6/c1-5-6-31-19-29(4)54-46(63)37(31)25-52-45(62)35-22-33(23-41-38(35)26-53-60(41)28(2)3)32-7-9-42(51-24-32)58-17-15-57(16-18-58)34-11-13-56(14-12-34)27-30-20-36-44(39(50)21-30)49(66)59(48(36)65)40-8-10-43(61)55-47(40)64/h7,9,19-24,26,28,34,40H,5-6,8,10-18,25,27H2,1-4H3,(H,52,62)(H,54,63)(H,55,61,64). The van der Waals surface area contributed by atoms with E-state index in [1.807, 2.05) is 42.1 Å². The summed E-state index contributed by atoms with van der Waals surface area (Å²) in [6.45, 7) is 13.5. The van der Waals surface area contributed by atoms with Gasteiger partial charge in [-0.2, -0.15) is 5.10 Å². The molecule has 1 unspecified atom stereocenters. The Kier molecular flexibility index (Phi) is 12.4. The maximum Gasteiger partial charge on any atom is 0.265 e. The van der Waals surface area contributed by atoms with Crippen molar-refractivity contribution < 1.29 is 28.4 Å². The molecule has 7 heterocycles. The zero-order chi connectivity index (χ0) is 46.4. The lowest BCUT2D eigenvalue weighted by Crippen LogP contribution is -2.54. The van der Waals surface area contributed by atoms with Gasteiger partial charge in [0.05, 0.1) is 28.4 Å². The molecule has 1 atom stereocenters. The number of piperidine rings is 2. The van der Waals surface area contributed by atoms with E-state index in [4.69, 9.17) is 4.98 Å². The number of nitrogens with one attached hydrogen (secondary N) is 3. The van der Waals surface area contributed by atoms with Gasteiger partial charge < -0.3 is 15.2 Å². The Morgan fingerprint density at radius 2 is 1.68 bits per heavy atom. The number of benzene rings is 2. The molecular weight excluding hydrogens is 844 g/mol. The normalized spacial score (nSPS) is 18.7. The Hall–Kier alpha value is -6.59. The number of pyridine rings is 2. The lowest BCUT2D eigenvalue weighted by atomic mass is 10.00. The molecule has 5 amide bonds. The molecule has 4 aliphatic rings. The van der Waals surface area contributed by atoms with Crippen LogP contribution in [0.25, 0.3) is 22.0 Å². The van der Waals surface area contributed by atoms with Crippen LogP contribution in [0.3, 0.4) is 0 Å². The molecule has 2 aromatic carbocycles. The number of hydrogen-bond donors (Lipinski definition) is 3. The number of fused-ring (bicyclic) bond motifs is 2. The second-order valence-corrected chi connectivity index (χ2v) is 18.2. The van der Waals surface area contributed by atoms with Crippen LogP contribution in [-0.4, -0.2) is 115 Å². The van der Waals surface area contributed by atoms with E-state index < -0.39 is 35.5 Å². The Bertz CT molecular complexity index is 2800. The van der Waals surface area contributed by atoms with Gasteiger partial charge in [-0.15, -0.1) is 0 Å². The van der Waals surface area contributed by atoms with Crippen molar-refractivity contribution in [1.29, 1.82) is 0 Å². The number of amides is 5. The van der Waals surface area contributed by atoms with Gasteiger partial charge in [0.1, 0.15) is 17.7 Å². The third-order valence-electron chi connectivity index (χ3n) is 13.5. The lowest BCUT2D eigenvalue weighted by molar-refractivity contribution is -0.136. The summed E-state index contributed by atoms with van der Waals surface area (Å²) >= 11 is 0. The molecule has 0 saturated carbocycles. The Labute approximate surface area is 381 Å². The molecule has 3 N–H and O–H groups in total. The first-order valence-electron chi connectivity index (χ1n) is 23.0. The molecule has 5 aromatic rings. The van der Waals surface area contributed by atoms with Crippen LogP contribution >= 0.6 is 0 Å². The summed E-state index contributed by atoms with van der Waals surface area (Å²) in [6, 6.07) is 12.2. The minimum absolute atomic E-state index is 0.00538. The second kappa shape index (κ2) is 18.4. The molecule has 0 spiro atoms. The molecule has 0 radical (unpaired) electrons. The van der Waals surface area contributed by atoms with Gasteiger partial charge in [0.15, 0.2) is 0 Å². The first-order valence-corrected chi connectivity index (χ1v) is 23.0. The molecule has 0 aliphatic carbocycles. The number of carbonyl (C=O) groups excluding carboxylic acids is 5. The summed E-state index contributed by atoms with van der Waals surface area (Å²) in [5, 5.41) is 10.6. The van der Waals surface area contributed by atoms with Gasteiger partial charge in [-0.3, -0.25) is 53.5 Å². The topological polar surface area (TPSA) is 186 Å². The summed E-state index contributed by atoms with van der Waals surface area (Å²) in [4.78, 5) is 93.1. The van der Waals surface area contributed by atoms with Crippen LogP contribution in [0.15, 0.2) is 59.7 Å². The highest BCUT2D eigenvalue weighted by molar-refractivity contribution is 6.23. The minimum atomic E-state index is -1.15. The van der Waals surface area contributed by atoms with E-state index >= 15 is 4.39 Å². The van der Waals surface area contributed by atoms with Gasteiger partial charge >= 0.3 is 0 Å². The maximum atomic E-state index is 15.4. The third kappa shape index (κ3) is 8.64. The van der Waals surface area contributed by atoms with Gasteiger partial charge in [0.25, 0.3) is 23.3 Å². The highest BCUT2D eigenvalue weighted by Crippen LogP contribution is 2.33. The fourth-order valence-corrected chi connectivity index (χ4v) is 10.1. The number of carbonyl (C=O) groups is 5. The van der Waals surface area contributed by atoms with E-state index in [-0.39, 0.29) is 48.0 Å². The number of imide groups is 2. The first kappa shape index (κ1) is 44.6. The van der Waals surface area contributed by atoms with Crippen LogP contribution in [0, 0.1) is 12.7 Å². The molecule has 3 saturated heterocycles. The number of aryl methyl sites for hydroxylation is 2. The molecule has 9 rings (SSSR count). The third-order valence-corrected chi connectivity index (χ3v) is 13.5. The van der Waals surface area contributed by atoms with Crippen molar-refractivity contribution in [3.63, 3.8) is 0 Å². The van der Waals surface area contributed by atoms with Crippen LogP contribution in [0.5, 0.6) is 0 Å². The van der Waals surface area contributed by atoms with Crippen molar-refractivity contribution in [2.24, 2.45) is 0 Å². The number of nitrogens with zero attached hydrogens (tertiary/aromatic N) is 7. The zero-order valence-electron chi connectivity index (χ0n) is 37.8. The highest BCUT2D eigenvalue weighted by atomic mass is 19.1. The number of rotatable bonds is 12. The van der Waals surface area contributed by atoms with Gasteiger partial charge in [0, 0.05) is 86.2 Å². The van der Waals surface area contributed by atoms with Crippen molar-refractivity contribution in [3.8, 4) is 11.1 Å². The fourth-order valence-electron chi connectivity index (χ4n) is 10.1. The average molecular weight is 899 g/mol. The number of halogens is 1. The predicted octanol–water partition coefficient (Wildman–Crippen LogP) is 4.89. The van der Waals surface area contributed by atoms with E-state index in [2.05, 4.69) is 62.3 Å². The van der Waals surface area contributed by atoms with Crippen LogP contribution in [0.4, 0.5) is 10.2 Å². The summed E-state index contributed by atoms with van der Waals surface area (Å²) in [6.07, 6.45) is 7.09. The summed E-state index contributed by atoms with van der Waals surface area (Å²) < 4.78 is 17.3. The monoisotopic (exact) mass is 898 g/mol. The molecule has 16 nitrogen and oxygen atoms in total. The Morgan fingerprint density at radius 3 is 2.38 bits per heavy atom. The first-order chi connectivity index (χ1) is 31.8. The van der Waals surface area contributed by atoms with Crippen LogP contribution in [-0.2, 0) is 29.1 Å². The summed E-state index contributed by atoms with van der Waals surface area (Å²) in [7, 11) is 0. The van der Waals surface area contributed by atoms with Gasteiger partial charge in [-0.25, -0.2) is 9.37 Å². The molecule has 3 aromatic heterocycles. The van der Waals surface area contributed by atoms with E-state index in [1.54, 1.807) is 12.3 Å². The fraction of sp³-hybridized carbons (Fsp3) is 0.429. The van der Waals surface area contributed by atoms with Gasteiger partial charge in [-0.05, 0) is 119 Å². The highest BCUT2D eigenvalue weighted by Gasteiger charge is 2.46. The lowest BCUT2D eigenvalue weighted by Gasteiger charge is -2.43. The summed E-state index contributed by atoms with van der Waals surface area (Å²) in [5.41, 5.74) is 5.36. The smallest absolute Gasteiger partial charge is 0.265 e. The molecule has 0 bridgehead atoms. The van der Waals surface area contributed by atoms with Gasteiger partial charge in [-0.1, -0.05) is 13.3 Å². The van der Waals surface area contributed by atoms with Crippen LogP contribution in [0.1, 0.15) is 112 Å². The number of H-pyrrole nitrogens is 1. The van der Waals surface area contributed by atoms with E-state index in [1.165, 1.54) is 6.07 Å². The van der Waals surface area contributed by atoms with Crippen molar-refractivity contribution in [3.05, 3.63) is 110 Å². The van der Waals surface area contributed by atoms with E-state index in [0.717, 1.165) is 109 Å². The van der Waals surface area contributed by atoms with Crippen molar-refractivity contribution in [1.82, 2.24) is 45.1 Å².